The summed E-state index contributed by atoms with van der Waals surface area (Å²) in [6.07, 6.45) is 5.09. The minimum atomic E-state index is -2.78. The van der Waals surface area contributed by atoms with Crippen molar-refractivity contribution in [1.29, 1.82) is 0 Å². The van der Waals surface area contributed by atoms with E-state index in [4.69, 9.17) is 4.74 Å². The Morgan fingerprint density at radius 3 is 2.76 bits per heavy atom. The molecule has 1 aromatic carbocycles. The smallest absolute Gasteiger partial charge is 0.320 e. The van der Waals surface area contributed by atoms with Crippen LogP contribution in [0, 0.1) is 6.92 Å². The Hall–Kier alpha value is -4.15. The molecule has 0 N–H and O–H groups in total. The first-order chi connectivity index (χ1) is 18.3. The molecule has 0 radical (unpaired) electrons. The minimum absolute atomic E-state index is 0.0362. The molecule has 9 nitrogen and oxygen atoms in total. The van der Waals surface area contributed by atoms with Crippen molar-refractivity contribution in [3.63, 3.8) is 0 Å². The van der Waals surface area contributed by atoms with Gasteiger partial charge in [-0.05, 0) is 64.0 Å². The van der Waals surface area contributed by atoms with Crippen molar-refractivity contribution in [1.82, 2.24) is 34.4 Å². The van der Waals surface area contributed by atoms with E-state index in [2.05, 4.69) is 26.9 Å². The molecule has 11 heteroatoms. The third-order valence-corrected chi connectivity index (χ3v) is 7.11. The van der Waals surface area contributed by atoms with E-state index < -0.39 is 12.7 Å². The number of hydrogen-bond donors (Lipinski definition) is 0. The number of nitrogens with zero attached hydrogens (tertiary/aromatic N) is 7. The Balaban J connectivity index is 1.50. The monoisotopic (exact) mass is 521 g/mol. The van der Waals surface area contributed by atoms with Gasteiger partial charge in [-0.25, -0.2) is 9.67 Å². The number of ether oxygens (including phenoxy) is 1. The zero-order valence-corrected chi connectivity index (χ0v) is 21.5. The summed E-state index contributed by atoms with van der Waals surface area (Å²) in [6, 6.07) is 9.00. The second-order valence-corrected chi connectivity index (χ2v) is 9.52. The second-order valence-electron chi connectivity index (χ2n) is 9.52. The van der Waals surface area contributed by atoms with Gasteiger partial charge in [0.05, 0.1) is 22.9 Å². The predicted octanol–water partition coefficient (Wildman–Crippen LogP) is 5.27. The largest absolute Gasteiger partial charge is 0.482 e. The number of halogens is 2. The Bertz CT molecular complexity index is 1470. The maximum absolute atomic E-state index is 13.8. The molecular formula is C27H29F2N7O2. The summed E-state index contributed by atoms with van der Waals surface area (Å²) in [5.74, 6) is 0.184. The Labute approximate surface area is 218 Å². The highest BCUT2D eigenvalue weighted by Crippen LogP contribution is 2.37. The Kier molecular flexibility index (Phi) is 6.92. The minimum Gasteiger partial charge on any atom is -0.482 e. The van der Waals surface area contributed by atoms with Gasteiger partial charge in [-0.15, -0.1) is 5.10 Å². The number of hydrogen-bond acceptors (Lipinski definition) is 6. The van der Waals surface area contributed by atoms with E-state index in [1.807, 2.05) is 42.5 Å². The molecule has 0 bridgehead atoms. The highest BCUT2D eigenvalue weighted by molar-refractivity contribution is 5.88. The summed E-state index contributed by atoms with van der Waals surface area (Å²) < 4.78 is 36.5. The molecular weight excluding hydrogens is 492 g/mol. The Morgan fingerprint density at radius 2 is 2.08 bits per heavy atom. The number of alkyl halides is 2. The summed E-state index contributed by atoms with van der Waals surface area (Å²) in [4.78, 5) is 22.5. The number of amides is 1. The molecule has 4 heterocycles. The average molecular weight is 522 g/mol. The normalized spacial score (nSPS) is 18.6. The van der Waals surface area contributed by atoms with Crippen LogP contribution in [0.4, 0.5) is 8.78 Å². The van der Waals surface area contributed by atoms with Crippen LogP contribution in [0.15, 0.2) is 55.5 Å². The molecule has 1 fully saturated rings. The lowest BCUT2D eigenvalue weighted by Crippen LogP contribution is -2.44. The molecule has 1 amide bonds. The van der Waals surface area contributed by atoms with E-state index in [0.29, 0.717) is 29.0 Å². The van der Waals surface area contributed by atoms with Crippen molar-refractivity contribution < 1.29 is 18.3 Å². The molecule has 5 rings (SSSR count). The van der Waals surface area contributed by atoms with E-state index in [9.17, 15) is 13.6 Å². The van der Waals surface area contributed by atoms with E-state index in [-0.39, 0.29) is 29.3 Å². The number of pyridine rings is 1. The molecule has 0 spiro atoms. The summed E-state index contributed by atoms with van der Waals surface area (Å²) in [6.45, 7) is 7.18. The first-order valence-corrected chi connectivity index (χ1v) is 12.5. The lowest BCUT2D eigenvalue weighted by Gasteiger charge is -2.37. The zero-order chi connectivity index (χ0) is 27.0. The predicted molar refractivity (Wildman–Crippen MR) is 138 cm³/mol. The van der Waals surface area contributed by atoms with Crippen molar-refractivity contribution in [3.8, 4) is 17.0 Å². The molecule has 1 aliphatic rings. The number of carbonyl (C=O) groups is 1. The van der Waals surface area contributed by atoms with Crippen LogP contribution in [-0.4, -0.2) is 52.9 Å². The number of benzene rings is 1. The van der Waals surface area contributed by atoms with Gasteiger partial charge in [0.15, 0.2) is 0 Å². The van der Waals surface area contributed by atoms with Crippen LogP contribution >= 0.6 is 0 Å². The van der Waals surface area contributed by atoms with E-state index in [0.717, 1.165) is 29.4 Å². The fourth-order valence-electron chi connectivity index (χ4n) is 5.14. The van der Waals surface area contributed by atoms with Crippen LogP contribution in [-0.2, 0) is 4.79 Å². The van der Waals surface area contributed by atoms with E-state index in [1.165, 1.54) is 6.08 Å². The average Bonchev–Trinajstić information content (AvgIpc) is 3.52. The van der Waals surface area contributed by atoms with Crippen LogP contribution in [0.2, 0.25) is 0 Å². The number of piperidine rings is 1. The number of aromatic nitrogens is 6. The van der Waals surface area contributed by atoms with Gasteiger partial charge in [-0.2, -0.15) is 8.78 Å². The van der Waals surface area contributed by atoms with Gasteiger partial charge in [0.1, 0.15) is 29.4 Å². The number of carbonyl (C=O) groups excluding carboxylic acids is 1. The number of fused-ring (bicyclic) bond motifs is 1. The zero-order valence-electron chi connectivity index (χ0n) is 21.5. The molecule has 4 aromatic rings. The molecule has 3 atom stereocenters. The molecule has 198 valence electrons. The summed E-state index contributed by atoms with van der Waals surface area (Å²) in [5.41, 5.74) is 3.35. The van der Waals surface area contributed by atoms with Crippen molar-refractivity contribution in [2.75, 3.05) is 6.54 Å². The van der Waals surface area contributed by atoms with Gasteiger partial charge < -0.3 is 9.64 Å². The Morgan fingerprint density at radius 1 is 1.26 bits per heavy atom. The van der Waals surface area contributed by atoms with Crippen molar-refractivity contribution in [3.05, 3.63) is 66.9 Å². The van der Waals surface area contributed by atoms with Crippen LogP contribution in [0.3, 0.4) is 0 Å². The summed E-state index contributed by atoms with van der Waals surface area (Å²) in [5, 5.41) is 8.89. The highest BCUT2D eigenvalue weighted by Gasteiger charge is 2.31. The van der Waals surface area contributed by atoms with Gasteiger partial charge in [-0.3, -0.25) is 14.3 Å². The first-order valence-electron chi connectivity index (χ1n) is 12.5. The van der Waals surface area contributed by atoms with Gasteiger partial charge in [-0.1, -0.05) is 17.9 Å². The quantitative estimate of drug-likeness (QED) is 0.308. The fraction of sp³-hybridized carbons (Fsp3) is 0.370. The first kappa shape index (κ1) is 25.5. The van der Waals surface area contributed by atoms with Gasteiger partial charge in [0.2, 0.25) is 5.91 Å². The maximum atomic E-state index is 13.8. The molecule has 3 aromatic heterocycles. The van der Waals surface area contributed by atoms with Crippen molar-refractivity contribution in [2.45, 2.75) is 58.3 Å². The third kappa shape index (κ3) is 4.64. The van der Waals surface area contributed by atoms with Crippen LogP contribution < -0.4 is 4.74 Å². The maximum Gasteiger partial charge on any atom is 0.320 e. The molecule has 0 aliphatic carbocycles. The topological polar surface area (TPSA) is 91.0 Å². The lowest BCUT2D eigenvalue weighted by molar-refractivity contribution is -0.129. The highest BCUT2D eigenvalue weighted by atomic mass is 19.3. The fourth-order valence-corrected chi connectivity index (χ4v) is 5.14. The number of likely N-dealkylation sites (tertiary alicyclic amines) is 1. The van der Waals surface area contributed by atoms with Gasteiger partial charge >= 0.3 is 6.55 Å². The molecule has 38 heavy (non-hydrogen) atoms. The molecule has 1 unspecified atom stereocenters. The van der Waals surface area contributed by atoms with Crippen molar-refractivity contribution >= 4 is 16.9 Å². The second kappa shape index (κ2) is 10.3. The number of rotatable bonds is 7. The van der Waals surface area contributed by atoms with Gasteiger partial charge in [0.25, 0.3) is 0 Å². The SMILES string of the molecule is C=CC(=O)N1CCC(n2nnc(-c3cc(O[C@H](C)c4ccccn4)c4c(c3)ncn4C(F)F)c2C)C[C@@H]1C. The number of imidazole rings is 1. The van der Waals surface area contributed by atoms with E-state index in [1.54, 1.807) is 24.4 Å². The van der Waals surface area contributed by atoms with Crippen molar-refractivity contribution in [2.24, 2.45) is 0 Å². The molecule has 1 aliphatic heterocycles. The van der Waals surface area contributed by atoms with Gasteiger partial charge in [0, 0.05) is 24.3 Å². The summed E-state index contributed by atoms with van der Waals surface area (Å²) in [7, 11) is 0. The molecule has 1 saturated heterocycles. The van der Waals surface area contributed by atoms with Crippen LogP contribution in [0.25, 0.3) is 22.3 Å². The van der Waals surface area contributed by atoms with Crippen LogP contribution in [0.1, 0.15) is 56.8 Å². The molecule has 0 saturated carbocycles. The standard InChI is InChI=1S/C27H29F2N7O2/c1-5-24(37)34-11-9-20(12-16(34)2)36-17(3)25(32-33-36)19-13-22-26(35(15-31-22)27(28)29)23(14-19)38-18(4)21-8-6-7-10-30-21/h5-8,10,13-16,18,20,27H,1,9,11-12H2,2-4H3/t16-,18+,20?/m0/s1. The third-order valence-electron chi connectivity index (χ3n) is 7.11. The lowest BCUT2D eigenvalue weighted by atomic mass is 9.97. The van der Waals surface area contributed by atoms with E-state index >= 15 is 0 Å². The summed E-state index contributed by atoms with van der Waals surface area (Å²) >= 11 is 0. The van der Waals surface area contributed by atoms with Crippen LogP contribution in [0.5, 0.6) is 5.75 Å².